The molecule has 4 nitrogen and oxygen atoms in total. The van der Waals surface area contributed by atoms with Crippen LogP contribution in [-0.4, -0.2) is 15.9 Å². The molecule has 26 heavy (non-hydrogen) atoms. The Morgan fingerprint density at radius 3 is 2.46 bits per heavy atom. The Kier molecular flexibility index (Phi) is 4.21. The SMILES string of the molecule is O=C(NCc1cccnc1-c1ccncc1)C1(c2ccc(F)cc2)CC1. The molecule has 0 spiro atoms. The average Bonchev–Trinajstić information content (AvgIpc) is 3.50. The van der Waals surface area contributed by atoms with Gasteiger partial charge in [-0.1, -0.05) is 18.2 Å². The minimum absolute atomic E-state index is 0.0198. The van der Waals surface area contributed by atoms with E-state index in [1.165, 1.54) is 12.1 Å². The van der Waals surface area contributed by atoms with E-state index >= 15 is 0 Å². The predicted octanol–water partition coefficient (Wildman–Crippen LogP) is 3.63. The minimum Gasteiger partial charge on any atom is -0.351 e. The van der Waals surface area contributed by atoms with Gasteiger partial charge in [-0.25, -0.2) is 4.39 Å². The molecule has 0 unspecified atom stereocenters. The van der Waals surface area contributed by atoms with Gasteiger partial charge in [-0.05, 0) is 54.3 Å². The Balaban J connectivity index is 1.52. The normalized spacial score (nSPS) is 14.7. The Hall–Kier alpha value is -3.08. The zero-order valence-electron chi connectivity index (χ0n) is 14.2. The van der Waals surface area contributed by atoms with E-state index in [-0.39, 0.29) is 11.7 Å². The van der Waals surface area contributed by atoms with Gasteiger partial charge < -0.3 is 5.32 Å². The summed E-state index contributed by atoms with van der Waals surface area (Å²) in [6, 6.07) is 13.8. The molecule has 5 heteroatoms. The Labute approximate surface area is 151 Å². The molecule has 1 fully saturated rings. The molecule has 1 N–H and O–H groups in total. The number of carbonyl (C=O) groups excluding carboxylic acids is 1. The highest BCUT2D eigenvalue weighted by Gasteiger charge is 2.51. The zero-order valence-corrected chi connectivity index (χ0v) is 14.2. The van der Waals surface area contributed by atoms with E-state index in [4.69, 9.17) is 0 Å². The molecule has 2 aromatic heterocycles. The molecule has 0 aliphatic heterocycles. The summed E-state index contributed by atoms with van der Waals surface area (Å²) in [5.74, 6) is -0.309. The monoisotopic (exact) mass is 347 g/mol. The number of hydrogen-bond acceptors (Lipinski definition) is 3. The van der Waals surface area contributed by atoms with E-state index in [9.17, 15) is 9.18 Å². The van der Waals surface area contributed by atoms with Gasteiger partial charge in [0.15, 0.2) is 0 Å². The number of halogens is 1. The molecular formula is C21H18FN3O. The van der Waals surface area contributed by atoms with Crippen molar-refractivity contribution in [2.24, 2.45) is 0 Å². The summed E-state index contributed by atoms with van der Waals surface area (Å²) in [7, 11) is 0. The van der Waals surface area contributed by atoms with E-state index in [0.29, 0.717) is 6.54 Å². The molecule has 1 aromatic carbocycles. The molecule has 1 amide bonds. The first-order valence-electron chi connectivity index (χ1n) is 8.58. The number of nitrogens with one attached hydrogen (secondary N) is 1. The second-order valence-electron chi connectivity index (χ2n) is 6.52. The van der Waals surface area contributed by atoms with Crippen LogP contribution >= 0.6 is 0 Å². The number of nitrogens with zero attached hydrogens (tertiary/aromatic N) is 2. The fourth-order valence-electron chi connectivity index (χ4n) is 3.24. The number of benzene rings is 1. The molecule has 1 saturated carbocycles. The third-order valence-electron chi connectivity index (χ3n) is 4.87. The van der Waals surface area contributed by atoms with Crippen molar-refractivity contribution >= 4 is 5.91 Å². The van der Waals surface area contributed by atoms with Crippen LogP contribution in [0.4, 0.5) is 4.39 Å². The lowest BCUT2D eigenvalue weighted by molar-refractivity contribution is -0.123. The van der Waals surface area contributed by atoms with Crippen LogP contribution in [0.1, 0.15) is 24.0 Å². The molecular weight excluding hydrogens is 329 g/mol. The quantitative estimate of drug-likeness (QED) is 0.767. The molecule has 0 bridgehead atoms. The number of carbonyl (C=O) groups is 1. The molecule has 1 aliphatic carbocycles. The Bertz CT molecular complexity index is 922. The van der Waals surface area contributed by atoms with Gasteiger partial charge in [0, 0.05) is 30.7 Å². The topological polar surface area (TPSA) is 54.9 Å². The number of hydrogen-bond donors (Lipinski definition) is 1. The van der Waals surface area contributed by atoms with E-state index in [1.807, 2.05) is 24.3 Å². The highest BCUT2D eigenvalue weighted by molar-refractivity contribution is 5.91. The van der Waals surface area contributed by atoms with Crippen molar-refractivity contribution in [3.63, 3.8) is 0 Å². The Morgan fingerprint density at radius 2 is 1.77 bits per heavy atom. The van der Waals surface area contributed by atoms with E-state index in [0.717, 1.165) is 35.2 Å². The number of pyridine rings is 2. The summed E-state index contributed by atoms with van der Waals surface area (Å²) >= 11 is 0. The van der Waals surface area contributed by atoms with Crippen molar-refractivity contribution in [2.75, 3.05) is 0 Å². The van der Waals surface area contributed by atoms with Gasteiger partial charge in [0.05, 0.1) is 11.1 Å². The second-order valence-corrected chi connectivity index (χ2v) is 6.52. The van der Waals surface area contributed by atoms with Gasteiger partial charge in [0.1, 0.15) is 5.82 Å². The Morgan fingerprint density at radius 1 is 1.04 bits per heavy atom. The fraction of sp³-hybridized carbons (Fsp3) is 0.190. The molecule has 0 radical (unpaired) electrons. The lowest BCUT2D eigenvalue weighted by atomic mass is 9.95. The van der Waals surface area contributed by atoms with Crippen LogP contribution in [-0.2, 0) is 16.8 Å². The van der Waals surface area contributed by atoms with Crippen molar-refractivity contribution in [3.8, 4) is 11.3 Å². The summed E-state index contributed by atoms with van der Waals surface area (Å²) in [4.78, 5) is 21.3. The number of amides is 1. The van der Waals surface area contributed by atoms with Gasteiger partial charge in [-0.2, -0.15) is 0 Å². The van der Waals surface area contributed by atoms with Crippen LogP contribution in [0.2, 0.25) is 0 Å². The van der Waals surface area contributed by atoms with Gasteiger partial charge in [-0.3, -0.25) is 14.8 Å². The second kappa shape index (κ2) is 6.67. The number of rotatable bonds is 5. The highest BCUT2D eigenvalue weighted by atomic mass is 19.1. The van der Waals surface area contributed by atoms with Crippen molar-refractivity contribution in [3.05, 3.63) is 84.1 Å². The van der Waals surface area contributed by atoms with Crippen LogP contribution < -0.4 is 5.32 Å². The van der Waals surface area contributed by atoms with Crippen LogP contribution in [0.5, 0.6) is 0 Å². The van der Waals surface area contributed by atoms with Gasteiger partial charge in [0.2, 0.25) is 5.91 Å². The van der Waals surface area contributed by atoms with Crippen LogP contribution in [0.3, 0.4) is 0 Å². The van der Waals surface area contributed by atoms with Gasteiger partial charge in [0.25, 0.3) is 0 Å². The smallest absolute Gasteiger partial charge is 0.230 e. The molecule has 1 aliphatic rings. The number of aromatic nitrogens is 2. The van der Waals surface area contributed by atoms with Gasteiger partial charge >= 0.3 is 0 Å². The molecule has 2 heterocycles. The maximum absolute atomic E-state index is 13.2. The van der Waals surface area contributed by atoms with E-state index in [1.54, 1.807) is 30.7 Å². The highest BCUT2D eigenvalue weighted by Crippen LogP contribution is 2.48. The fourth-order valence-corrected chi connectivity index (χ4v) is 3.24. The largest absolute Gasteiger partial charge is 0.351 e. The lowest BCUT2D eigenvalue weighted by Crippen LogP contribution is -2.34. The standard InChI is InChI=1S/C21H18FN3O/c22-18-5-3-17(4-6-18)21(9-10-21)20(26)25-14-16-2-1-11-24-19(16)15-7-12-23-13-8-15/h1-8,11-13H,9-10,14H2,(H,25,26). The lowest BCUT2D eigenvalue weighted by Gasteiger charge is -2.17. The van der Waals surface area contributed by atoms with Crippen molar-refractivity contribution < 1.29 is 9.18 Å². The molecule has 0 saturated heterocycles. The third kappa shape index (κ3) is 3.08. The first kappa shape index (κ1) is 16.4. The zero-order chi connectivity index (χ0) is 18.0. The van der Waals surface area contributed by atoms with Crippen LogP contribution in [0.25, 0.3) is 11.3 Å². The molecule has 0 atom stereocenters. The van der Waals surface area contributed by atoms with E-state index in [2.05, 4.69) is 15.3 Å². The predicted molar refractivity (Wildman–Crippen MR) is 96.6 cm³/mol. The van der Waals surface area contributed by atoms with Crippen LogP contribution in [0.15, 0.2) is 67.1 Å². The summed E-state index contributed by atoms with van der Waals surface area (Å²) < 4.78 is 13.2. The summed E-state index contributed by atoms with van der Waals surface area (Å²) in [5, 5.41) is 3.04. The third-order valence-corrected chi connectivity index (χ3v) is 4.87. The molecule has 4 rings (SSSR count). The summed E-state index contributed by atoms with van der Waals surface area (Å²) in [5.41, 5.74) is 3.09. The first-order valence-corrected chi connectivity index (χ1v) is 8.58. The maximum atomic E-state index is 13.2. The van der Waals surface area contributed by atoms with Crippen molar-refractivity contribution in [2.45, 2.75) is 24.8 Å². The van der Waals surface area contributed by atoms with E-state index < -0.39 is 5.41 Å². The summed E-state index contributed by atoms with van der Waals surface area (Å²) in [6.45, 7) is 0.396. The minimum atomic E-state index is -0.521. The summed E-state index contributed by atoms with van der Waals surface area (Å²) in [6.07, 6.45) is 6.76. The van der Waals surface area contributed by atoms with Crippen LogP contribution in [0, 0.1) is 5.82 Å². The van der Waals surface area contributed by atoms with Gasteiger partial charge in [-0.15, -0.1) is 0 Å². The van der Waals surface area contributed by atoms with Crippen molar-refractivity contribution in [1.82, 2.24) is 15.3 Å². The average molecular weight is 347 g/mol. The first-order chi connectivity index (χ1) is 12.7. The maximum Gasteiger partial charge on any atom is 0.230 e. The molecule has 3 aromatic rings. The van der Waals surface area contributed by atoms with Crippen molar-refractivity contribution in [1.29, 1.82) is 0 Å². The molecule has 130 valence electrons.